The monoisotopic (exact) mass is 261 g/mol. The number of para-hydroxylation sites is 1. The van der Waals surface area contributed by atoms with Crippen molar-refractivity contribution in [1.82, 2.24) is 15.1 Å². The lowest BCUT2D eigenvalue weighted by Gasteiger charge is -2.12. The third kappa shape index (κ3) is 3.41. The molecule has 0 unspecified atom stereocenters. The first-order chi connectivity index (χ1) is 9.08. The summed E-state index contributed by atoms with van der Waals surface area (Å²) in [4.78, 5) is 0. The van der Waals surface area contributed by atoms with E-state index < -0.39 is 0 Å². The second-order valence-corrected chi connectivity index (χ2v) is 5.17. The van der Waals surface area contributed by atoms with E-state index in [9.17, 15) is 4.39 Å². The van der Waals surface area contributed by atoms with Gasteiger partial charge in [0.15, 0.2) is 0 Å². The lowest BCUT2D eigenvalue weighted by atomic mass is 10.1. The third-order valence-corrected chi connectivity index (χ3v) is 2.89. The summed E-state index contributed by atoms with van der Waals surface area (Å²) in [7, 11) is 0. The lowest BCUT2D eigenvalue weighted by Crippen LogP contribution is -2.20. The number of rotatable bonds is 5. The molecule has 0 radical (unpaired) electrons. The zero-order valence-corrected chi connectivity index (χ0v) is 11.7. The Labute approximate surface area is 113 Å². The van der Waals surface area contributed by atoms with Crippen molar-refractivity contribution in [3.8, 4) is 5.69 Å². The molecule has 1 heterocycles. The van der Waals surface area contributed by atoms with E-state index in [0.717, 1.165) is 17.8 Å². The van der Waals surface area contributed by atoms with Gasteiger partial charge < -0.3 is 5.32 Å². The summed E-state index contributed by atoms with van der Waals surface area (Å²) in [5.74, 6) is 0.330. The molecule has 3 nitrogen and oxygen atoms in total. The van der Waals surface area contributed by atoms with Crippen molar-refractivity contribution in [2.24, 2.45) is 5.92 Å². The van der Waals surface area contributed by atoms with Crippen molar-refractivity contribution >= 4 is 0 Å². The molecular weight excluding hydrogens is 241 g/mol. The summed E-state index contributed by atoms with van der Waals surface area (Å²) < 4.78 is 15.7. The Morgan fingerprint density at radius 1 is 1.32 bits per heavy atom. The zero-order valence-electron chi connectivity index (χ0n) is 11.7. The molecule has 1 aromatic carbocycles. The van der Waals surface area contributed by atoms with Gasteiger partial charge in [-0.25, -0.2) is 9.07 Å². The zero-order chi connectivity index (χ0) is 13.8. The van der Waals surface area contributed by atoms with Gasteiger partial charge in [0.25, 0.3) is 0 Å². The number of nitrogens with one attached hydrogen (secondary N) is 1. The number of aromatic nitrogens is 2. The molecule has 102 valence electrons. The lowest BCUT2D eigenvalue weighted by molar-refractivity contribution is 0.547. The second kappa shape index (κ2) is 5.97. The summed E-state index contributed by atoms with van der Waals surface area (Å²) in [5.41, 5.74) is 2.33. The Morgan fingerprint density at radius 2 is 2.11 bits per heavy atom. The van der Waals surface area contributed by atoms with E-state index in [2.05, 4.69) is 24.3 Å². The fraction of sp³-hybridized carbons (Fsp3) is 0.400. The highest BCUT2D eigenvalue weighted by Gasteiger charge is 2.11. The molecule has 0 fully saturated rings. The molecule has 0 bridgehead atoms. The van der Waals surface area contributed by atoms with Crippen LogP contribution in [0.3, 0.4) is 0 Å². The van der Waals surface area contributed by atoms with Crippen LogP contribution in [0.2, 0.25) is 0 Å². The summed E-state index contributed by atoms with van der Waals surface area (Å²) in [6, 6.07) is 7.01. The molecule has 0 saturated heterocycles. The van der Waals surface area contributed by atoms with Crippen LogP contribution in [0.5, 0.6) is 0 Å². The van der Waals surface area contributed by atoms with Crippen LogP contribution < -0.4 is 5.32 Å². The average Bonchev–Trinajstić information content (AvgIpc) is 2.75. The molecule has 0 amide bonds. The van der Waals surface area contributed by atoms with Gasteiger partial charge in [-0.15, -0.1) is 0 Å². The maximum Gasteiger partial charge on any atom is 0.149 e. The minimum atomic E-state index is -0.244. The van der Waals surface area contributed by atoms with Gasteiger partial charge in [-0.05, 0) is 37.1 Å². The van der Waals surface area contributed by atoms with Gasteiger partial charge in [0.05, 0.1) is 5.69 Å². The topological polar surface area (TPSA) is 29.9 Å². The van der Waals surface area contributed by atoms with Crippen molar-refractivity contribution < 1.29 is 4.39 Å². The van der Waals surface area contributed by atoms with Crippen molar-refractivity contribution in [2.45, 2.75) is 27.3 Å². The van der Waals surface area contributed by atoms with Gasteiger partial charge in [-0.3, -0.25) is 0 Å². The van der Waals surface area contributed by atoms with Crippen LogP contribution >= 0.6 is 0 Å². The standard InChI is InChI=1S/C15H20FN3/c1-11(2)9-17-10-13-5-4-6-14(16)15(13)19-8-7-12(3)18-19/h4-8,11,17H,9-10H2,1-3H3. The van der Waals surface area contributed by atoms with Crippen molar-refractivity contribution in [1.29, 1.82) is 0 Å². The van der Waals surface area contributed by atoms with E-state index in [-0.39, 0.29) is 5.82 Å². The Morgan fingerprint density at radius 3 is 2.74 bits per heavy atom. The van der Waals surface area contributed by atoms with Gasteiger partial charge in [0, 0.05) is 12.7 Å². The fourth-order valence-corrected chi connectivity index (χ4v) is 1.99. The van der Waals surface area contributed by atoms with Gasteiger partial charge >= 0.3 is 0 Å². The van der Waals surface area contributed by atoms with Gasteiger partial charge in [-0.2, -0.15) is 5.10 Å². The molecule has 0 aliphatic heterocycles. The first-order valence-corrected chi connectivity index (χ1v) is 6.58. The Kier molecular flexibility index (Phi) is 4.32. The largest absolute Gasteiger partial charge is 0.312 e. The molecule has 0 atom stereocenters. The minimum Gasteiger partial charge on any atom is -0.312 e. The van der Waals surface area contributed by atoms with Crippen LogP contribution in [-0.2, 0) is 6.54 Å². The van der Waals surface area contributed by atoms with E-state index in [1.165, 1.54) is 6.07 Å². The molecule has 0 aliphatic carbocycles. The molecule has 2 aromatic rings. The Bertz CT molecular complexity index is 546. The Hall–Kier alpha value is -1.68. The quantitative estimate of drug-likeness (QED) is 0.896. The van der Waals surface area contributed by atoms with Crippen LogP contribution in [0.15, 0.2) is 30.5 Å². The van der Waals surface area contributed by atoms with Crippen molar-refractivity contribution in [2.75, 3.05) is 6.54 Å². The molecule has 0 saturated carbocycles. The molecule has 0 spiro atoms. The van der Waals surface area contributed by atoms with Crippen molar-refractivity contribution in [3.63, 3.8) is 0 Å². The smallest absolute Gasteiger partial charge is 0.149 e. The van der Waals surface area contributed by atoms with E-state index in [1.807, 2.05) is 19.1 Å². The van der Waals surface area contributed by atoms with Crippen molar-refractivity contribution in [3.05, 3.63) is 47.5 Å². The molecule has 19 heavy (non-hydrogen) atoms. The van der Waals surface area contributed by atoms with Gasteiger partial charge in [0.1, 0.15) is 11.5 Å². The average molecular weight is 261 g/mol. The highest BCUT2D eigenvalue weighted by atomic mass is 19.1. The number of nitrogens with zero attached hydrogens (tertiary/aromatic N) is 2. The number of halogens is 1. The maximum atomic E-state index is 14.0. The van der Waals surface area contributed by atoms with Gasteiger partial charge in [0.2, 0.25) is 0 Å². The highest BCUT2D eigenvalue weighted by molar-refractivity contribution is 5.41. The van der Waals surface area contributed by atoms with Crippen LogP contribution in [0.1, 0.15) is 25.1 Å². The summed E-state index contributed by atoms with van der Waals surface area (Å²) in [6.07, 6.45) is 1.79. The summed E-state index contributed by atoms with van der Waals surface area (Å²) in [6.45, 7) is 7.75. The number of hydrogen-bond acceptors (Lipinski definition) is 2. The third-order valence-electron chi connectivity index (χ3n) is 2.89. The van der Waals surface area contributed by atoms with Crippen LogP contribution in [0, 0.1) is 18.7 Å². The Balaban J connectivity index is 2.26. The van der Waals surface area contributed by atoms with Gasteiger partial charge in [-0.1, -0.05) is 26.0 Å². The number of aryl methyl sites for hydroxylation is 1. The first kappa shape index (κ1) is 13.7. The second-order valence-electron chi connectivity index (χ2n) is 5.17. The predicted octanol–water partition coefficient (Wildman–Crippen LogP) is 3.07. The molecule has 1 N–H and O–H groups in total. The SMILES string of the molecule is Cc1ccn(-c2c(F)cccc2CNCC(C)C)n1. The molecule has 4 heteroatoms. The predicted molar refractivity (Wildman–Crippen MR) is 74.8 cm³/mol. The number of hydrogen-bond donors (Lipinski definition) is 1. The molecule has 0 aliphatic rings. The van der Waals surface area contributed by atoms with Crippen LogP contribution in [-0.4, -0.2) is 16.3 Å². The maximum absolute atomic E-state index is 14.0. The molecular formula is C15H20FN3. The molecule has 1 aromatic heterocycles. The summed E-state index contributed by atoms with van der Waals surface area (Å²) in [5, 5.41) is 7.63. The fourth-order valence-electron chi connectivity index (χ4n) is 1.99. The van der Waals surface area contributed by atoms with Crippen LogP contribution in [0.25, 0.3) is 5.69 Å². The minimum absolute atomic E-state index is 0.244. The van der Waals surface area contributed by atoms with E-state index in [0.29, 0.717) is 18.2 Å². The normalized spacial score (nSPS) is 11.2. The van der Waals surface area contributed by atoms with Crippen LogP contribution in [0.4, 0.5) is 4.39 Å². The van der Waals surface area contributed by atoms with E-state index in [1.54, 1.807) is 16.9 Å². The molecule has 2 rings (SSSR count). The van der Waals surface area contributed by atoms with E-state index in [4.69, 9.17) is 0 Å². The van der Waals surface area contributed by atoms with E-state index >= 15 is 0 Å². The first-order valence-electron chi connectivity index (χ1n) is 6.58. The highest BCUT2D eigenvalue weighted by Crippen LogP contribution is 2.18. The summed E-state index contributed by atoms with van der Waals surface area (Å²) >= 11 is 0. The number of benzene rings is 1.